The molecule has 0 radical (unpaired) electrons. The summed E-state index contributed by atoms with van der Waals surface area (Å²) < 4.78 is 26.9. The molecular weight excluding hydrogens is 386 g/mol. The summed E-state index contributed by atoms with van der Waals surface area (Å²) in [6.07, 6.45) is 0.758. The highest BCUT2D eigenvalue weighted by Gasteiger charge is 2.33. The number of hydrogen-bond donors (Lipinski definition) is 2. The molecule has 2 N–H and O–H groups in total. The lowest BCUT2D eigenvalue weighted by molar-refractivity contribution is -0.115. The number of benzene rings is 2. The first-order valence-electron chi connectivity index (χ1n) is 8.77. The molecule has 0 bridgehead atoms. The highest BCUT2D eigenvalue weighted by atomic mass is 35.5. The van der Waals surface area contributed by atoms with Crippen molar-refractivity contribution < 1.29 is 13.6 Å². The maximum atomic E-state index is 13.6. The fourth-order valence-corrected chi connectivity index (χ4v) is 3.65. The smallest absolute Gasteiger partial charge is 0.238 e. The van der Waals surface area contributed by atoms with Crippen LogP contribution in [0.1, 0.15) is 23.6 Å². The molecule has 0 saturated carbocycles. The normalized spacial score (nSPS) is 19.4. The lowest BCUT2D eigenvalue weighted by Gasteiger charge is -2.26. The van der Waals surface area contributed by atoms with Crippen LogP contribution in [0.15, 0.2) is 36.4 Å². The third-order valence-corrected chi connectivity index (χ3v) is 5.07. The average Bonchev–Trinajstić information content (AvgIpc) is 3.03. The van der Waals surface area contributed by atoms with Crippen LogP contribution >= 0.6 is 11.6 Å². The predicted molar refractivity (Wildman–Crippen MR) is 103 cm³/mol. The van der Waals surface area contributed by atoms with Crippen LogP contribution in [0.25, 0.3) is 0 Å². The maximum Gasteiger partial charge on any atom is 0.238 e. The molecular formula is C20H19ClF2N4O. The number of halogens is 3. The van der Waals surface area contributed by atoms with Crippen molar-refractivity contribution in [2.75, 3.05) is 25.5 Å². The molecule has 1 aliphatic heterocycles. The monoisotopic (exact) mass is 404 g/mol. The first kappa shape index (κ1) is 20.2. The molecule has 1 aliphatic rings. The minimum atomic E-state index is -0.890. The number of nitrogens with one attached hydrogen (secondary N) is 2. The first-order chi connectivity index (χ1) is 13.4. The molecule has 3 rings (SSSR count). The second kappa shape index (κ2) is 8.65. The molecule has 0 aromatic heterocycles. The van der Waals surface area contributed by atoms with E-state index in [1.807, 2.05) is 18.0 Å². The largest absolute Gasteiger partial charge is 0.324 e. The Balaban J connectivity index is 1.66. The fraction of sp³-hybridized carbons (Fsp3) is 0.300. The van der Waals surface area contributed by atoms with Crippen LogP contribution in [0, 0.1) is 23.0 Å². The van der Waals surface area contributed by atoms with E-state index in [4.69, 9.17) is 16.9 Å². The molecule has 5 nitrogen and oxygen atoms in total. The summed E-state index contributed by atoms with van der Waals surface area (Å²) in [7, 11) is 1.90. The molecule has 2 atom stereocenters. The maximum absolute atomic E-state index is 13.6. The Morgan fingerprint density at radius 2 is 2.07 bits per heavy atom. The van der Waals surface area contributed by atoms with Gasteiger partial charge in [-0.3, -0.25) is 9.69 Å². The number of rotatable bonds is 5. The van der Waals surface area contributed by atoms with Crippen LogP contribution in [-0.2, 0) is 4.79 Å². The minimum absolute atomic E-state index is 0.00999. The molecule has 1 saturated heterocycles. The lowest BCUT2D eigenvalue weighted by Crippen LogP contribution is -2.39. The second-order valence-electron chi connectivity index (χ2n) is 6.72. The summed E-state index contributed by atoms with van der Waals surface area (Å²) in [6, 6.07) is 10.2. The van der Waals surface area contributed by atoms with Crippen LogP contribution in [0.2, 0.25) is 5.02 Å². The molecule has 28 heavy (non-hydrogen) atoms. The van der Waals surface area contributed by atoms with Crippen LogP contribution in [0.3, 0.4) is 0 Å². The standard InChI is InChI=1S/C20H19ClF2N4O/c1-27-7-6-17(20(27)12-3-5-15(22)16(23)8-12)25-11-19(28)26-18-9-14(21)4-2-13(18)10-24/h2-5,8-9,17,20,25H,6-7,11H2,1H3,(H,26,28)/t17-,20-/m0/s1. The zero-order valence-electron chi connectivity index (χ0n) is 15.2. The number of amides is 1. The molecule has 146 valence electrons. The van der Waals surface area contributed by atoms with Crippen molar-refractivity contribution in [2.45, 2.75) is 18.5 Å². The second-order valence-corrected chi connectivity index (χ2v) is 7.16. The average molecular weight is 405 g/mol. The quantitative estimate of drug-likeness (QED) is 0.800. The third kappa shape index (κ3) is 4.47. The van der Waals surface area contributed by atoms with Crippen LogP contribution in [0.4, 0.5) is 14.5 Å². The molecule has 0 spiro atoms. The summed E-state index contributed by atoms with van der Waals surface area (Å²) in [5.74, 6) is -2.10. The molecule has 1 amide bonds. The fourth-order valence-electron chi connectivity index (χ4n) is 3.48. The van der Waals surface area contributed by atoms with E-state index in [1.54, 1.807) is 12.1 Å². The van der Waals surface area contributed by atoms with Gasteiger partial charge < -0.3 is 10.6 Å². The van der Waals surface area contributed by atoms with Gasteiger partial charge in [-0.05, 0) is 49.4 Å². The van der Waals surface area contributed by atoms with Gasteiger partial charge in [-0.15, -0.1) is 0 Å². The number of carbonyl (C=O) groups excluding carboxylic acids is 1. The van der Waals surface area contributed by atoms with Gasteiger partial charge in [0.15, 0.2) is 11.6 Å². The molecule has 2 aromatic rings. The molecule has 8 heteroatoms. The van der Waals surface area contributed by atoms with Crippen molar-refractivity contribution in [3.8, 4) is 6.07 Å². The number of anilines is 1. The Bertz CT molecular complexity index is 931. The predicted octanol–water partition coefficient (Wildman–Crippen LogP) is 3.46. The van der Waals surface area contributed by atoms with E-state index in [0.29, 0.717) is 21.8 Å². The van der Waals surface area contributed by atoms with E-state index in [0.717, 1.165) is 19.0 Å². The number of carbonyl (C=O) groups is 1. The SMILES string of the molecule is CN1CC[C@H](NCC(=O)Nc2cc(Cl)ccc2C#N)[C@@H]1c1ccc(F)c(F)c1. The Morgan fingerprint density at radius 1 is 1.29 bits per heavy atom. The van der Waals surface area contributed by atoms with Gasteiger partial charge in [0.1, 0.15) is 6.07 Å². The number of nitrogens with zero attached hydrogens (tertiary/aromatic N) is 2. The Morgan fingerprint density at radius 3 is 2.79 bits per heavy atom. The zero-order chi connectivity index (χ0) is 20.3. The van der Waals surface area contributed by atoms with E-state index in [1.165, 1.54) is 18.2 Å². The molecule has 2 aromatic carbocycles. The lowest BCUT2D eigenvalue weighted by atomic mass is 10.00. The van der Waals surface area contributed by atoms with Crippen molar-refractivity contribution >= 4 is 23.2 Å². The highest BCUT2D eigenvalue weighted by molar-refractivity contribution is 6.31. The van der Waals surface area contributed by atoms with Crippen molar-refractivity contribution in [1.29, 1.82) is 5.26 Å². The van der Waals surface area contributed by atoms with Gasteiger partial charge >= 0.3 is 0 Å². The van der Waals surface area contributed by atoms with Crippen LogP contribution < -0.4 is 10.6 Å². The number of nitriles is 1. The van der Waals surface area contributed by atoms with E-state index >= 15 is 0 Å². The van der Waals surface area contributed by atoms with Gasteiger partial charge in [0.25, 0.3) is 0 Å². The van der Waals surface area contributed by atoms with Gasteiger partial charge in [0.05, 0.1) is 17.8 Å². The Hall–Kier alpha value is -2.53. The molecule has 0 aliphatic carbocycles. The Kier molecular flexibility index (Phi) is 6.25. The van der Waals surface area contributed by atoms with E-state index in [2.05, 4.69) is 10.6 Å². The Labute approximate surface area is 166 Å². The number of hydrogen-bond acceptors (Lipinski definition) is 4. The van der Waals surface area contributed by atoms with Crippen LogP contribution in [-0.4, -0.2) is 37.0 Å². The molecule has 1 fully saturated rings. The summed E-state index contributed by atoms with van der Waals surface area (Å²) in [5, 5.41) is 15.4. The third-order valence-electron chi connectivity index (χ3n) is 4.83. The van der Waals surface area contributed by atoms with Gasteiger partial charge in [0, 0.05) is 23.7 Å². The van der Waals surface area contributed by atoms with E-state index < -0.39 is 11.6 Å². The summed E-state index contributed by atoms with van der Waals surface area (Å²) in [5.41, 5.74) is 1.32. The van der Waals surface area contributed by atoms with Crippen molar-refractivity contribution in [2.24, 2.45) is 0 Å². The summed E-state index contributed by atoms with van der Waals surface area (Å²) >= 11 is 5.93. The van der Waals surface area contributed by atoms with Gasteiger partial charge in [-0.2, -0.15) is 5.26 Å². The minimum Gasteiger partial charge on any atom is -0.324 e. The van der Waals surface area contributed by atoms with Gasteiger partial charge in [-0.1, -0.05) is 17.7 Å². The molecule has 0 unspecified atom stereocenters. The van der Waals surface area contributed by atoms with Gasteiger partial charge in [-0.25, -0.2) is 8.78 Å². The van der Waals surface area contributed by atoms with Crippen molar-refractivity contribution in [3.05, 3.63) is 64.2 Å². The van der Waals surface area contributed by atoms with Gasteiger partial charge in [0.2, 0.25) is 5.91 Å². The number of likely N-dealkylation sites (tertiary alicyclic amines) is 1. The molecule has 1 heterocycles. The topological polar surface area (TPSA) is 68.2 Å². The van der Waals surface area contributed by atoms with E-state index in [9.17, 15) is 13.6 Å². The van der Waals surface area contributed by atoms with Crippen molar-refractivity contribution in [1.82, 2.24) is 10.2 Å². The highest BCUT2D eigenvalue weighted by Crippen LogP contribution is 2.31. The first-order valence-corrected chi connectivity index (χ1v) is 9.15. The van der Waals surface area contributed by atoms with Crippen molar-refractivity contribution in [3.63, 3.8) is 0 Å². The number of likely N-dealkylation sites (N-methyl/N-ethyl adjacent to an activating group) is 1. The summed E-state index contributed by atoms with van der Waals surface area (Å²) in [4.78, 5) is 14.4. The van der Waals surface area contributed by atoms with Crippen LogP contribution in [0.5, 0.6) is 0 Å². The zero-order valence-corrected chi connectivity index (χ0v) is 15.9. The van der Waals surface area contributed by atoms with E-state index in [-0.39, 0.29) is 24.5 Å². The summed E-state index contributed by atoms with van der Waals surface area (Å²) in [6.45, 7) is 0.770.